The number of hydrogen-bond donors (Lipinski definition) is 1. The van der Waals surface area contributed by atoms with Crippen molar-refractivity contribution in [2.75, 3.05) is 19.8 Å². The van der Waals surface area contributed by atoms with Gasteiger partial charge in [-0.1, -0.05) is 39.0 Å². The smallest absolute Gasteiger partial charge is 0.0497 e. The van der Waals surface area contributed by atoms with Crippen LogP contribution in [0.25, 0.3) is 0 Å². The maximum absolute atomic E-state index is 5.77. The summed E-state index contributed by atoms with van der Waals surface area (Å²) in [6, 6.07) is 0. The van der Waals surface area contributed by atoms with Crippen LogP contribution in [-0.2, 0) is 4.74 Å². The van der Waals surface area contributed by atoms with Crippen molar-refractivity contribution in [3.63, 3.8) is 0 Å². The third-order valence-electron chi connectivity index (χ3n) is 3.84. The summed E-state index contributed by atoms with van der Waals surface area (Å²) >= 11 is 0. The minimum Gasteiger partial charge on any atom is -0.381 e. The summed E-state index contributed by atoms with van der Waals surface area (Å²) in [5.41, 5.74) is 5.75. The SMILES string of the molecule is CCCCCCCOCC1CCCC1CN. The Morgan fingerprint density at radius 3 is 2.56 bits per heavy atom. The van der Waals surface area contributed by atoms with Crippen molar-refractivity contribution in [3.8, 4) is 0 Å². The topological polar surface area (TPSA) is 35.2 Å². The lowest BCUT2D eigenvalue weighted by atomic mass is 9.97. The molecular formula is C14H29NO. The molecule has 0 aliphatic heterocycles. The van der Waals surface area contributed by atoms with E-state index in [2.05, 4.69) is 6.92 Å². The lowest BCUT2D eigenvalue weighted by Gasteiger charge is -2.17. The Hall–Kier alpha value is -0.0800. The maximum Gasteiger partial charge on any atom is 0.0497 e. The Kier molecular flexibility index (Phi) is 7.87. The van der Waals surface area contributed by atoms with E-state index in [-0.39, 0.29) is 0 Å². The number of nitrogens with two attached hydrogens (primary N) is 1. The van der Waals surface area contributed by atoms with Gasteiger partial charge in [0.25, 0.3) is 0 Å². The van der Waals surface area contributed by atoms with Gasteiger partial charge in [-0.15, -0.1) is 0 Å². The Bertz CT molecular complexity index is 161. The molecule has 0 bridgehead atoms. The molecule has 0 heterocycles. The number of hydrogen-bond acceptors (Lipinski definition) is 2. The molecule has 0 aromatic rings. The molecule has 0 radical (unpaired) electrons. The fourth-order valence-electron chi connectivity index (χ4n) is 2.69. The first kappa shape index (κ1) is 14.0. The summed E-state index contributed by atoms with van der Waals surface area (Å²) in [6.07, 6.45) is 10.6. The first-order chi connectivity index (χ1) is 7.88. The lowest BCUT2D eigenvalue weighted by molar-refractivity contribution is 0.0840. The minimum absolute atomic E-state index is 0.736. The number of unbranched alkanes of at least 4 members (excludes halogenated alkanes) is 4. The minimum atomic E-state index is 0.736. The average molecular weight is 227 g/mol. The van der Waals surface area contributed by atoms with Gasteiger partial charge in [0.15, 0.2) is 0 Å². The zero-order valence-corrected chi connectivity index (χ0v) is 10.9. The Balaban J connectivity index is 1.90. The van der Waals surface area contributed by atoms with Crippen molar-refractivity contribution in [3.05, 3.63) is 0 Å². The summed E-state index contributed by atoms with van der Waals surface area (Å²) in [5, 5.41) is 0. The second-order valence-corrected chi connectivity index (χ2v) is 5.18. The Morgan fingerprint density at radius 1 is 1.06 bits per heavy atom. The standard InChI is InChI=1S/C14H29NO/c1-2-3-4-5-6-10-16-12-14-9-7-8-13(14)11-15/h13-14H,2-12,15H2,1H3. The van der Waals surface area contributed by atoms with E-state index in [1.807, 2.05) is 0 Å². The molecule has 2 atom stereocenters. The zero-order valence-electron chi connectivity index (χ0n) is 10.9. The molecule has 2 N–H and O–H groups in total. The van der Waals surface area contributed by atoms with Crippen LogP contribution in [0.1, 0.15) is 58.3 Å². The van der Waals surface area contributed by atoms with E-state index in [0.717, 1.165) is 31.6 Å². The van der Waals surface area contributed by atoms with Gasteiger partial charge in [0, 0.05) is 13.2 Å². The summed E-state index contributed by atoms with van der Waals surface area (Å²) in [5.74, 6) is 1.49. The summed E-state index contributed by atoms with van der Waals surface area (Å²) in [7, 11) is 0. The van der Waals surface area contributed by atoms with Crippen LogP contribution in [0.2, 0.25) is 0 Å². The van der Waals surface area contributed by atoms with Gasteiger partial charge in [0.1, 0.15) is 0 Å². The quantitative estimate of drug-likeness (QED) is 0.613. The highest BCUT2D eigenvalue weighted by Crippen LogP contribution is 2.30. The van der Waals surface area contributed by atoms with E-state index < -0.39 is 0 Å². The predicted octanol–water partition coefficient (Wildman–Crippen LogP) is 3.35. The average Bonchev–Trinajstić information content (AvgIpc) is 2.75. The van der Waals surface area contributed by atoms with Crippen molar-refractivity contribution in [2.24, 2.45) is 17.6 Å². The van der Waals surface area contributed by atoms with Gasteiger partial charge in [0.2, 0.25) is 0 Å². The van der Waals surface area contributed by atoms with Crippen molar-refractivity contribution < 1.29 is 4.74 Å². The van der Waals surface area contributed by atoms with E-state index in [0.29, 0.717) is 0 Å². The monoisotopic (exact) mass is 227 g/mol. The third kappa shape index (κ3) is 5.31. The van der Waals surface area contributed by atoms with E-state index in [1.54, 1.807) is 0 Å². The van der Waals surface area contributed by atoms with Gasteiger partial charge < -0.3 is 10.5 Å². The van der Waals surface area contributed by atoms with Crippen LogP contribution in [0.15, 0.2) is 0 Å². The fourth-order valence-corrected chi connectivity index (χ4v) is 2.69. The molecule has 1 aliphatic rings. The molecule has 1 aliphatic carbocycles. The van der Waals surface area contributed by atoms with Crippen LogP contribution in [0, 0.1) is 11.8 Å². The molecular weight excluding hydrogens is 198 g/mol. The maximum atomic E-state index is 5.77. The lowest BCUT2D eigenvalue weighted by Crippen LogP contribution is -2.22. The fraction of sp³-hybridized carbons (Fsp3) is 1.00. The van der Waals surface area contributed by atoms with Crippen molar-refractivity contribution in [1.29, 1.82) is 0 Å². The number of rotatable bonds is 9. The molecule has 0 aromatic carbocycles. The van der Waals surface area contributed by atoms with E-state index in [9.17, 15) is 0 Å². The molecule has 1 saturated carbocycles. The van der Waals surface area contributed by atoms with Gasteiger partial charge in [0.05, 0.1) is 0 Å². The molecule has 0 aromatic heterocycles. The molecule has 0 spiro atoms. The van der Waals surface area contributed by atoms with Crippen LogP contribution < -0.4 is 5.73 Å². The molecule has 2 heteroatoms. The van der Waals surface area contributed by atoms with Crippen molar-refractivity contribution in [2.45, 2.75) is 58.3 Å². The van der Waals surface area contributed by atoms with E-state index in [4.69, 9.17) is 10.5 Å². The van der Waals surface area contributed by atoms with Crippen molar-refractivity contribution in [1.82, 2.24) is 0 Å². The predicted molar refractivity (Wildman–Crippen MR) is 69.5 cm³/mol. The summed E-state index contributed by atoms with van der Waals surface area (Å²) in [6.45, 7) is 5.02. The van der Waals surface area contributed by atoms with Gasteiger partial charge in [-0.25, -0.2) is 0 Å². The molecule has 1 rings (SSSR count). The van der Waals surface area contributed by atoms with Crippen LogP contribution >= 0.6 is 0 Å². The normalized spacial score (nSPS) is 25.1. The zero-order chi connectivity index (χ0) is 11.6. The second-order valence-electron chi connectivity index (χ2n) is 5.18. The highest BCUT2D eigenvalue weighted by molar-refractivity contribution is 4.77. The van der Waals surface area contributed by atoms with Gasteiger partial charge >= 0.3 is 0 Å². The third-order valence-corrected chi connectivity index (χ3v) is 3.84. The summed E-state index contributed by atoms with van der Waals surface area (Å²) < 4.78 is 5.77. The van der Waals surface area contributed by atoms with E-state index in [1.165, 1.54) is 51.4 Å². The highest BCUT2D eigenvalue weighted by atomic mass is 16.5. The second kappa shape index (κ2) is 9.00. The molecule has 2 nitrogen and oxygen atoms in total. The largest absolute Gasteiger partial charge is 0.381 e. The molecule has 0 saturated heterocycles. The highest BCUT2D eigenvalue weighted by Gasteiger charge is 2.25. The first-order valence-electron chi connectivity index (χ1n) is 7.16. The first-order valence-corrected chi connectivity index (χ1v) is 7.16. The molecule has 16 heavy (non-hydrogen) atoms. The number of ether oxygens (including phenoxy) is 1. The van der Waals surface area contributed by atoms with Crippen LogP contribution in [0.3, 0.4) is 0 Å². The van der Waals surface area contributed by atoms with Crippen LogP contribution in [-0.4, -0.2) is 19.8 Å². The summed E-state index contributed by atoms with van der Waals surface area (Å²) in [4.78, 5) is 0. The van der Waals surface area contributed by atoms with Crippen LogP contribution in [0.5, 0.6) is 0 Å². The van der Waals surface area contributed by atoms with Crippen molar-refractivity contribution >= 4 is 0 Å². The van der Waals surface area contributed by atoms with E-state index >= 15 is 0 Å². The Morgan fingerprint density at radius 2 is 1.81 bits per heavy atom. The molecule has 2 unspecified atom stereocenters. The van der Waals surface area contributed by atoms with Gasteiger partial charge in [-0.3, -0.25) is 0 Å². The molecule has 96 valence electrons. The Labute approximate surface area is 101 Å². The molecule has 1 fully saturated rings. The van der Waals surface area contributed by atoms with Gasteiger partial charge in [-0.05, 0) is 37.6 Å². The molecule has 0 amide bonds. The van der Waals surface area contributed by atoms with Gasteiger partial charge in [-0.2, -0.15) is 0 Å². The van der Waals surface area contributed by atoms with Crippen LogP contribution in [0.4, 0.5) is 0 Å².